The van der Waals surface area contributed by atoms with Crippen molar-refractivity contribution < 1.29 is 28.4 Å². The van der Waals surface area contributed by atoms with E-state index in [-0.39, 0.29) is 19.1 Å². The quantitative estimate of drug-likeness (QED) is 0.219. The van der Waals surface area contributed by atoms with Crippen molar-refractivity contribution in [1.29, 1.82) is 0 Å². The van der Waals surface area contributed by atoms with E-state index in [9.17, 15) is 9.36 Å². The summed E-state index contributed by atoms with van der Waals surface area (Å²) >= 11 is 0. The first kappa shape index (κ1) is 26.6. The number of unbranched alkanes of at least 4 members (excludes halogenated alkanes) is 9. The first-order chi connectivity index (χ1) is 14.4. The van der Waals surface area contributed by atoms with Gasteiger partial charge in [0.2, 0.25) is 5.91 Å². The summed E-state index contributed by atoms with van der Waals surface area (Å²) in [4.78, 5) is 30.2. The number of carbonyl (C=O) groups is 1. The Kier molecular flexibility index (Phi) is 14.5. The van der Waals surface area contributed by atoms with Gasteiger partial charge in [0.25, 0.3) is 0 Å². The first-order valence-electron chi connectivity index (χ1n) is 11.1. The number of hydrogen-bond acceptors (Lipinski definition) is 4. The maximum atomic E-state index is 12.0. The Morgan fingerprint density at radius 3 is 2.10 bits per heavy atom. The molecule has 1 atom stereocenters. The van der Waals surface area contributed by atoms with Gasteiger partial charge in [-0.2, -0.15) is 0 Å². The predicted molar refractivity (Wildman–Crippen MR) is 118 cm³/mol. The molecule has 172 valence electrons. The minimum Gasteiger partial charge on any atom is -0.491 e. The average molecular weight is 444 g/mol. The molecule has 0 saturated heterocycles. The molecule has 0 heterocycles. The minimum atomic E-state index is -4.68. The number of phosphoric ester groups is 1. The summed E-state index contributed by atoms with van der Waals surface area (Å²) in [7, 11) is -4.68. The number of para-hydroxylation sites is 1. The van der Waals surface area contributed by atoms with Gasteiger partial charge in [0.05, 0.1) is 0 Å². The Morgan fingerprint density at radius 1 is 0.967 bits per heavy atom. The molecule has 0 fully saturated rings. The van der Waals surface area contributed by atoms with Crippen LogP contribution in [0.1, 0.15) is 77.6 Å². The molecule has 0 unspecified atom stereocenters. The molecule has 1 amide bonds. The van der Waals surface area contributed by atoms with Crippen molar-refractivity contribution in [2.24, 2.45) is 0 Å². The number of ether oxygens (including phenoxy) is 1. The summed E-state index contributed by atoms with van der Waals surface area (Å²) in [5, 5.41) is 2.69. The van der Waals surface area contributed by atoms with Crippen LogP contribution in [0.25, 0.3) is 0 Å². The second-order valence-corrected chi connectivity index (χ2v) is 8.77. The van der Waals surface area contributed by atoms with Crippen LogP contribution in [0.2, 0.25) is 0 Å². The maximum absolute atomic E-state index is 12.0. The highest BCUT2D eigenvalue weighted by Gasteiger charge is 2.23. The molecule has 0 aliphatic rings. The van der Waals surface area contributed by atoms with Crippen molar-refractivity contribution in [3.8, 4) is 5.75 Å². The van der Waals surface area contributed by atoms with Gasteiger partial charge < -0.3 is 19.8 Å². The van der Waals surface area contributed by atoms with Gasteiger partial charge in [0, 0.05) is 13.0 Å². The maximum Gasteiger partial charge on any atom is 0.470 e. The number of hydrogen-bond donors (Lipinski definition) is 3. The molecule has 1 aromatic rings. The summed E-state index contributed by atoms with van der Waals surface area (Å²) in [5.41, 5.74) is 0. The molecule has 0 bridgehead atoms. The van der Waals surface area contributed by atoms with Crippen molar-refractivity contribution in [3.05, 3.63) is 30.3 Å². The third-order valence-corrected chi connectivity index (χ3v) is 5.32. The van der Waals surface area contributed by atoms with Crippen LogP contribution in [0, 0.1) is 0 Å². The summed E-state index contributed by atoms with van der Waals surface area (Å²) < 4.78 is 21.4. The zero-order valence-corrected chi connectivity index (χ0v) is 19.0. The van der Waals surface area contributed by atoms with E-state index in [4.69, 9.17) is 19.0 Å². The molecule has 0 aromatic heterocycles. The highest BCUT2D eigenvalue weighted by molar-refractivity contribution is 7.46. The summed E-state index contributed by atoms with van der Waals surface area (Å²) in [5.74, 6) is 0.419. The molecule has 0 aliphatic carbocycles. The van der Waals surface area contributed by atoms with Crippen LogP contribution in [-0.2, 0) is 13.9 Å². The van der Waals surface area contributed by atoms with Crippen LogP contribution in [0.4, 0.5) is 0 Å². The molecule has 3 N–H and O–H groups in total. The topological polar surface area (TPSA) is 105 Å². The van der Waals surface area contributed by atoms with E-state index >= 15 is 0 Å². The molecule has 0 saturated carbocycles. The van der Waals surface area contributed by atoms with Crippen molar-refractivity contribution in [3.63, 3.8) is 0 Å². The number of nitrogens with one attached hydrogen (secondary N) is 1. The van der Waals surface area contributed by atoms with Crippen LogP contribution in [0.5, 0.6) is 5.75 Å². The Labute approximate surface area is 180 Å². The van der Waals surface area contributed by atoms with Crippen LogP contribution in [-0.4, -0.2) is 34.9 Å². The van der Waals surface area contributed by atoms with Crippen LogP contribution in [0.15, 0.2) is 30.3 Å². The smallest absolute Gasteiger partial charge is 0.470 e. The van der Waals surface area contributed by atoms with Gasteiger partial charge in [-0.25, -0.2) is 4.57 Å². The van der Waals surface area contributed by atoms with E-state index in [2.05, 4.69) is 12.2 Å². The molecule has 1 aromatic carbocycles. The molecule has 0 radical (unpaired) electrons. The fraction of sp³-hybridized carbons (Fsp3) is 0.682. The molecule has 0 aliphatic heterocycles. The number of amides is 1. The second-order valence-electron chi connectivity index (χ2n) is 7.58. The third kappa shape index (κ3) is 15.4. The SMILES string of the molecule is CCCCCCCCCCCCC(=O)NC[C@H](COc1ccccc1)OP(=O)(O)O. The summed E-state index contributed by atoms with van der Waals surface area (Å²) in [6.45, 7) is 2.13. The van der Waals surface area contributed by atoms with Crippen molar-refractivity contribution in [1.82, 2.24) is 5.32 Å². The number of phosphoric acid groups is 1. The number of rotatable bonds is 18. The van der Waals surface area contributed by atoms with Gasteiger partial charge in [-0.05, 0) is 18.6 Å². The Bertz CT molecular complexity index is 607. The van der Waals surface area contributed by atoms with Crippen molar-refractivity contribution in [2.75, 3.05) is 13.2 Å². The van der Waals surface area contributed by atoms with E-state index in [1.54, 1.807) is 24.3 Å². The van der Waals surface area contributed by atoms with Crippen molar-refractivity contribution in [2.45, 2.75) is 83.7 Å². The summed E-state index contributed by atoms with van der Waals surface area (Å²) in [6, 6.07) is 8.89. The lowest BCUT2D eigenvalue weighted by Crippen LogP contribution is -2.36. The van der Waals surface area contributed by atoms with Crippen molar-refractivity contribution >= 4 is 13.7 Å². The van der Waals surface area contributed by atoms with Gasteiger partial charge in [0.15, 0.2) is 0 Å². The Hall–Kier alpha value is -1.40. The highest BCUT2D eigenvalue weighted by Crippen LogP contribution is 2.37. The number of benzene rings is 1. The lowest BCUT2D eigenvalue weighted by atomic mass is 10.1. The first-order valence-corrected chi connectivity index (χ1v) is 12.6. The second kappa shape index (κ2) is 16.3. The molecular weight excluding hydrogens is 405 g/mol. The molecular formula is C22H38NO6P. The lowest BCUT2D eigenvalue weighted by molar-refractivity contribution is -0.121. The van der Waals surface area contributed by atoms with E-state index in [1.165, 1.54) is 44.9 Å². The zero-order chi connectivity index (χ0) is 22.1. The van der Waals surface area contributed by atoms with Gasteiger partial charge >= 0.3 is 7.82 Å². The predicted octanol–water partition coefficient (Wildman–Crippen LogP) is 4.97. The standard InChI is InChI=1S/C22H38NO6P/c1-2-3-4-5-6-7-8-9-10-14-17-22(24)23-18-21(29-30(25,26)27)19-28-20-15-12-11-13-16-20/h11-13,15-16,21H,2-10,14,17-19H2,1H3,(H,23,24)(H2,25,26,27)/t21-/m1/s1. The fourth-order valence-electron chi connectivity index (χ4n) is 3.12. The monoisotopic (exact) mass is 443 g/mol. The molecule has 8 heteroatoms. The zero-order valence-electron chi connectivity index (χ0n) is 18.1. The molecule has 7 nitrogen and oxygen atoms in total. The van der Waals surface area contributed by atoms with E-state index in [0.717, 1.165) is 19.3 Å². The Balaban J connectivity index is 2.17. The largest absolute Gasteiger partial charge is 0.491 e. The van der Waals surface area contributed by atoms with E-state index in [0.29, 0.717) is 12.2 Å². The number of carbonyl (C=O) groups excluding carboxylic acids is 1. The summed E-state index contributed by atoms with van der Waals surface area (Å²) in [6.07, 6.45) is 11.4. The molecule has 1 rings (SSSR count). The average Bonchev–Trinajstić information content (AvgIpc) is 2.71. The van der Waals surface area contributed by atoms with Crippen LogP contribution >= 0.6 is 7.82 Å². The van der Waals surface area contributed by atoms with Crippen LogP contribution < -0.4 is 10.1 Å². The minimum absolute atomic E-state index is 0.0193. The van der Waals surface area contributed by atoms with E-state index in [1.807, 2.05) is 6.07 Å². The van der Waals surface area contributed by atoms with E-state index < -0.39 is 13.9 Å². The molecule has 0 spiro atoms. The van der Waals surface area contributed by atoms with Gasteiger partial charge in [0.1, 0.15) is 18.5 Å². The normalized spacial score (nSPS) is 12.5. The van der Waals surface area contributed by atoms with Crippen LogP contribution in [0.3, 0.4) is 0 Å². The van der Waals surface area contributed by atoms with Gasteiger partial charge in [-0.15, -0.1) is 0 Å². The fourth-order valence-corrected chi connectivity index (χ4v) is 3.64. The Morgan fingerprint density at radius 2 is 1.53 bits per heavy atom. The third-order valence-electron chi connectivity index (χ3n) is 4.75. The van der Waals surface area contributed by atoms with Gasteiger partial charge in [-0.1, -0.05) is 82.9 Å². The van der Waals surface area contributed by atoms with Gasteiger partial charge in [-0.3, -0.25) is 9.32 Å². The lowest BCUT2D eigenvalue weighted by Gasteiger charge is -2.19. The molecule has 30 heavy (non-hydrogen) atoms. The highest BCUT2D eigenvalue weighted by atomic mass is 31.2.